The Kier molecular flexibility index (Phi) is 6.05. The first-order valence-electron chi connectivity index (χ1n) is 7.76. The second kappa shape index (κ2) is 8.03. The molecule has 0 aromatic heterocycles. The number of hydrogen-bond donors (Lipinski definition) is 2. The topological polar surface area (TPSA) is 67.4 Å². The lowest BCUT2D eigenvalue weighted by atomic mass is 10.1. The third kappa shape index (κ3) is 5.75. The van der Waals surface area contributed by atoms with Gasteiger partial charge in [-0.3, -0.25) is 9.59 Å². The van der Waals surface area contributed by atoms with Crippen LogP contribution in [0.15, 0.2) is 24.3 Å². The van der Waals surface area contributed by atoms with Crippen LogP contribution in [0.5, 0.6) is 5.75 Å². The van der Waals surface area contributed by atoms with E-state index in [0.29, 0.717) is 13.0 Å². The average Bonchev–Trinajstić information content (AvgIpc) is 2.70. The highest BCUT2D eigenvalue weighted by molar-refractivity contribution is 5.87. The van der Waals surface area contributed by atoms with Gasteiger partial charge in [-0.25, -0.2) is 0 Å². The molecule has 8 heteroatoms. The molecular formula is C16H19F3N2O3. The molecule has 0 saturated carbocycles. The van der Waals surface area contributed by atoms with Crippen molar-refractivity contribution < 1.29 is 27.5 Å². The third-order valence-electron chi connectivity index (χ3n) is 3.69. The van der Waals surface area contributed by atoms with Crippen LogP contribution < -0.4 is 15.4 Å². The van der Waals surface area contributed by atoms with Crippen molar-refractivity contribution >= 4 is 11.8 Å². The summed E-state index contributed by atoms with van der Waals surface area (Å²) in [5, 5.41) is 5.34. The molecule has 1 heterocycles. The number of aryl methyl sites for hydroxylation is 1. The van der Waals surface area contributed by atoms with Gasteiger partial charge in [-0.1, -0.05) is 18.2 Å². The van der Waals surface area contributed by atoms with Crippen molar-refractivity contribution in [2.75, 3.05) is 6.54 Å². The van der Waals surface area contributed by atoms with E-state index in [1.807, 2.05) is 0 Å². The van der Waals surface area contributed by atoms with Gasteiger partial charge in [0.05, 0.1) is 0 Å². The molecule has 0 aliphatic carbocycles. The first kappa shape index (κ1) is 18.1. The van der Waals surface area contributed by atoms with Crippen LogP contribution in [-0.2, 0) is 16.0 Å². The van der Waals surface area contributed by atoms with Crippen molar-refractivity contribution in [2.24, 2.45) is 0 Å². The van der Waals surface area contributed by atoms with Gasteiger partial charge in [0.25, 0.3) is 0 Å². The standard InChI is InChI=1S/C16H19F3N2O3/c17-16(18,19)24-13-7-2-1-5-11(13)8-9-14(22)21-12-6-3-4-10-20-15(12)23/h1-2,5,7,12H,3-4,6,8-10H2,(H,20,23)(H,21,22). The van der Waals surface area contributed by atoms with E-state index in [4.69, 9.17) is 0 Å². The lowest BCUT2D eigenvalue weighted by Gasteiger charge is -2.16. The highest BCUT2D eigenvalue weighted by Gasteiger charge is 2.32. The lowest BCUT2D eigenvalue weighted by molar-refractivity contribution is -0.274. The smallest absolute Gasteiger partial charge is 0.406 e. The van der Waals surface area contributed by atoms with Crippen LogP contribution in [0.4, 0.5) is 13.2 Å². The number of nitrogens with one attached hydrogen (secondary N) is 2. The first-order chi connectivity index (χ1) is 11.3. The normalized spacial score (nSPS) is 18.5. The number of carbonyl (C=O) groups excluding carboxylic acids is 2. The van der Waals surface area contributed by atoms with Crippen molar-refractivity contribution in [1.29, 1.82) is 0 Å². The van der Waals surface area contributed by atoms with Gasteiger partial charge in [-0.2, -0.15) is 0 Å². The van der Waals surface area contributed by atoms with Crippen molar-refractivity contribution in [1.82, 2.24) is 10.6 Å². The van der Waals surface area contributed by atoms with Crippen molar-refractivity contribution in [3.63, 3.8) is 0 Å². The molecule has 1 aromatic carbocycles. The number of halogens is 3. The highest BCUT2D eigenvalue weighted by atomic mass is 19.4. The molecule has 1 fully saturated rings. The Bertz CT molecular complexity index is 590. The number of carbonyl (C=O) groups is 2. The van der Waals surface area contributed by atoms with E-state index in [1.54, 1.807) is 6.07 Å². The maximum absolute atomic E-state index is 12.4. The van der Waals surface area contributed by atoms with Gasteiger partial charge >= 0.3 is 6.36 Å². The molecule has 1 unspecified atom stereocenters. The Hall–Kier alpha value is -2.25. The van der Waals surface area contributed by atoms with Crippen LogP contribution >= 0.6 is 0 Å². The Morgan fingerprint density at radius 1 is 1.29 bits per heavy atom. The zero-order chi connectivity index (χ0) is 17.6. The molecule has 132 valence electrons. The molecule has 0 spiro atoms. The fourth-order valence-corrected chi connectivity index (χ4v) is 2.53. The Balaban J connectivity index is 1.91. The molecule has 24 heavy (non-hydrogen) atoms. The fraction of sp³-hybridized carbons (Fsp3) is 0.500. The summed E-state index contributed by atoms with van der Waals surface area (Å²) >= 11 is 0. The van der Waals surface area contributed by atoms with E-state index in [0.717, 1.165) is 12.8 Å². The van der Waals surface area contributed by atoms with E-state index in [9.17, 15) is 22.8 Å². The van der Waals surface area contributed by atoms with E-state index in [1.165, 1.54) is 18.2 Å². The maximum atomic E-state index is 12.4. The molecule has 1 aromatic rings. The fourth-order valence-electron chi connectivity index (χ4n) is 2.53. The number of hydrogen-bond acceptors (Lipinski definition) is 3. The Morgan fingerprint density at radius 2 is 2.04 bits per heavy atom. The minimum atomic E-state index is -4.78. The second-order valence-electron chi connectivity index (χ2n) is 5.56. The predicted molar refractivity (Wildman–Crippen MR) is 80.2 cm³/mol. The van der Waals surface area contributed by atoms with E-state index >= 15 is 0 Å². The van der Waals surface area contributed by atoms with Crippen LogP contribution in [0.1, 0.15) is 31.2 Å². The zero-order valence-electron chi connectivity index (χ0n) is 13.0. The molecule has 2 rings (SSSR count). The van der Waals surface area contributed by atoms with Crippen LogP contribution in [0.2, 0.25) is 0 Å². The van der Waals surface area contributed by atoms with Gasteiger partial charge in [-0.05, 0) is 37.3 Å². The van der Waals surface area contributed by atoms with E-state index in [2.05, 4.69) is 15.4 Å². The highest BCUT2D eigenvalue weighted by Crippen LogP contribution is 2.27. The summed E-state index contributed by atoms with van der Waals surface area (Å²) in [6, 6.07) is 5.11. The maximum Gasteiger partial charge on any atom is 0.573 e. The number of rotatable bonds is 5. The first-order valence-corrected chi connectivity index (χ1v) is 7.76. The molecule has 1 aliphatic rings. The van der Waals surface area contributed by atoms with Crippen molar-refractivity contribution in [3.8, 4) is 5.75 Å². The van der Waals surface area contributed by atoms with Crippen molar-refractivity contribution in [3.05, 3.63) is 29.8 Å². The van der Waals surface area contributed by atoms with Gasteiger partial charge in [0.15, 0.2) is 0 Å². The summed E-state index contributed by atoms with van der Waals surface area (Å²) in [6.45, 7) is 0.591. The second-order valence-corrected chi connectivity index (χ2v) is 5.56. The minimum absolute atomic E-state index is 0.0258. The SMILES string of the molecule is O=C(CCc1ccccc1OC(F)(F)F)NC1CCCCNC1=O. The predicted octanol–water partition coefficient (Wildman–Crippen LogP) is 2.30. The van der Waals surface area contributed by atoms with Crippen molar-refractivity contribution in [2.45, 2.75) is 44.5 Å². The number of benzene rings is 1. The molecule has 2 amide bonds. The molecule has 2 N–H and O–H groups in total. The number of ether oxygens (including phenoxy) is 1. The van der Waals surface area contributed by atoms with Gasteiger partial charge in [-0.15, -0.1) is 13.2 Å². The van der Waals surface area contributed by atoms with Gasteiger partial charge in [0.1, 0.15) is 11.8 Å². The third-order valence-corrected chi connectivity index (χ3v) is 3.69. The van der Waals surface area contributed by atoms with E-state index < -0.39 is 12.4 Å². The number of para-hydroxylation sites is 1. The van der Waals surface area contributed by atoms with Gasteiger partial charge in [0.2, 0.25) is 11.8 Å². The van der Waals surface area contributed by atoms with E-state index in [-0.39, 0.29) is 36.0 Å². The van der Waals surface area contributed by atoms with Gasteiger partial charge < -0.3 is 15.4 Å². The number of amides is 2. The molecular weight excluding hydrogens is 325 g/mol. The van der Waals surface area contributed by atoms with Crippen LogP contribution in [-0.4, -0.2) is 30.8 Å². The summed E-state index contributed by atoms with van der Waals surface area (Å²) in [4.78, 5) is 23.7. The average molecular weight is 344 g/mol. The summed E-state index contributed by atoms with van der Waals surface area (Å²) in [5.74, 6) is -0.912. The summed E-state index contributed by atoms with van der Waals surface area (Å²) < 4.78 is 41.0. The largest absolute Gasteiger partial charge is 0.573 e. The minimum Gasteiger partial charge on any atom is -0.406 e. The number of alkyl halides is 3. The molecule has 5 nitrogen and oxygen atoms in total. The zero-order valence-corrected chi connectivity index (χ0v) is 13.0. The quantitative estimate of drug-likeness (QED) is 0.861. The molecule has 1 atom stereocenters. The molecule has 0 bridgehead atoms. The summed E-state index contributed by atoms with van der Waals surface area (Å²) in [5.41, 5.74) is 0.287. The monoisotopic (exact) mass is 344 g/mol. The van der Waals surface area contributed by atoms with Crippen LogP contribution in [0.25, 0.3) is 0 Å². The van der Waals surface area contributed by atoms with Crippen LogP contribution in [0, 0.1) is 0 Å². The molecule has 1 aliphatic heterocycles. The lowest BCUT2D eigenvalue weighted by Crippen LogP contribution is -2.45. The molecule has 1 saturated heterocycles. The summed E-state index contributed by atoms with van der Waals surface area (Å²) in [7, 11) is 0. The summed E-state index contributed by atoms with van der Waals surface area (Å²) in [6.07, 6.45) is -2.47. The molecule has 0 radical (unpaired) electrons. The Morgan fingerprint density at radius 3 is 2.79 bits per heavy atom. The Labute approximate surface area is 137 Å². The van der Waals surface area contributed by atoms with Gasteiger partial charge in [0, 0.05) is 13.0 Å². The van der Waals surface area contributed by atoms with Crippen LogP contribution in [0.3, 0.4) is 0 Å².